The largest absolute Gasteiger partial charge is 0.343 e. The Labute approximate surface area is 145 Å². The van der Waals surface area contributed by atoms with Gasteiger partial charge in [0.25, 0.3) is 5.91 Å². The van der Waals surface area contributed by atoms with Crippen molar-refractivity contribution in [2.24, 2.45) is 0 Å². The fraction of sp³-hybridized carbons (Fsp3) is 0.211. The van der Waals surface area contributed by atoms with Gasteiger partial charge in [-0.15, -0.1) is 11.3 Å². The number of benzene rings is 1. The molecule has 0 aliphatic heterocycles. The van der Waals surface area contributed by atoms with Crippen LogP contribution in [0.4, 0.5) is 0 Å². The molecule has 0 fully saturated rings. The summed E-state index contributed by atoms with van der Waals surface area (Å²) in [5, 5.41) is 5.90. The van der Waals surface area contributed by atoms with Crippen LogP contribution in [-0.2, 0) is 0 Å². The molecule has 1 N–H and O–H groups in total. The fourth-order valence-corrected chi connectivity index (χ4v) is 3.37. The number of amides is 1. The molecule has 1 aromatic carbocycles. The van der Waals surface area contributed by atoms with Crippen LogP contribution < -0.4 is 5.32 Å². The third-order valence-corrected chi connectivity index (χ3v) is 4.85. The SMILES string of the molecule is Cc1ccc(C(=O)N[C@@H](C)c2nc(-c3cccnc3)cs2)c(C)c1. The van der Waals surface area contributed by atoms with Gasteiger partial charge in [0.2, 0.25) is 0 Å². The first-order valence-electron chi connectivity index (χ1n) is 7.78. The van der Waals surface area contributed by atoms with Crippen LogP contribution in [-0.4, -0.2) is 15.9 Å². The second kappa shape index (κ2) is 6.93. The van der Waals surface area contributed by atoms with E-state index in [2.05, 4.69) is 15.3 Å². The summed E-state index contributed by atoms with van der Waals surface area (Å²) in [6.07, 6.45) is 3.53. The second-order valence-corrected chi connectivity index (χ2v) is 6.72. The molecule has 5 heteroatoms. The van der Waals surface area contributed by atoms with Crippen LogP contribution in [0.5, 0.6) is 0 Å². The van der Waals surface area contributed by atoms with E-state index in [-0.39, 0.29) is 11.9 Å². The Bertz CT molecular complexity index is 858. The van der Waals surface area contributed by atoms with Crippen molar-refractivity contribution in [1.82, 2.24) is 15.3 Å². The molecule has 3 aromatic rings. The molecule has 2 heterocycles. The maximum absolute atomic E-state index is 12.5. The monoisotopic (exact) mass is 337 g/mol. The Morgan fingerprint density at radius 1 is 1.25 bits per heavy atom. The predicted octanol–water partition coefficient (Wildman–Crippen LogP) is 4.31. The van der Waals surface area contributed by atoms with Crippen molar-refractivity contribution in [1.29, 1.82) is 0 Å². The lowest BCUT2D eigenvalue weighted by atomic mass is 10.1. The van der Waals surface area contributed by atoms with Crippen LogP contribution in [0, 0.1) is 13.8 Å². The number of thiazole rings is 1. The fourth-order valence-electron chi connectivity index (χ4n) is 2.54. The minimum absolute atomic E-state index is 0.0712. The summed E-state index contributed by atoms with van der Waals surface area (Å²) in [5.74, 6) is -0.0712. The first kappa shape index (κ1) is 16.3. The highest BCUT2D eigenvalue weighted by Gasteiger charge is 2.16. The van der Waals surface area contributed by atoms with Gasteiger partial charge in [0.15, 0.2) is 0 Å². The van der Waals surface area contributed by atoms with Crippen molar-refractivity contribution < 1.29 is 4.79 Å². The Balaban J connectivity index is 1.74. The smallest absolute Gasteiger partial charge is 0.252 e. The molecule has 1 atom stereocenters. The topological polar surface area (TPSA) is 54.9 Å². The normalized spacial score (nSPS) is 12.0. The third-order valence-electron chi connectivity index (χ3n) is 3.82. The van der Waals surface area contributed by atoms with Gasteiger partial charge in [-0.05, 0) is 44.5 Å². The highest BCUT2D eigenvalue weighted by Crippen LogP contribution is 2.25. The summed E-state index contributed by atoms with van der Waals surface area (Å²) < 4.78 is 0. The van der Waals surface area contributed by atoms with Gasteiger partial charge in [-0.25, -0.2) is 4.98 Å². The zero-order valence-electron chi connectivity index (χ0n) is 13.9. The molecular weight excluding hydrogens is 318 g/mol. The molecule has 122 valence electrons. The van der Waals surface area contributed by atoms with Crippen molar-refractivity contribution in [2.45, 2.75) is 26.8 Å². The van der Waals surface area contributed by atoms with Crippen LogP contribution in [0.1, 0.15) is 39.5 Å². The van der Waals surface area contributed by atoms with E-state index in [9.17, 15) is 4.79 Å². The minimum atomic E-state index is -0.145. The van der Waals surface area contributed by atoms with E-state index in [1.54, 1.807) is 23.7 Å². The number of carbonyl (C=O) groups is 1. The number of aromatic nitrogens is 2. The average Bonchev–Trinajstić information content (AvgIpc) is 3.05. The van der Waals surface area contributed by atoms with E-state index >= 15 is 0 Å². The summed E-state index contributed by atoms with van der Waals surface area (Å²) in [6.45, 7) is 5.93. The molecule has 2 aromatic heterocycles. The molecule has 0 saturated heterocycles. The first-order chi connectivity index (χ1) is 11.5. The van der Waals surface area contributed by atoms with Crippen molar-refractivity contribution in [3.63, 3.8) is 0 Å². The molecule has 1 amide bonds. The van der Waals surface area contributed by atoms with Gasteiger partial charge in [-0.2, -0.15) is 0 Å². The van der Waals surface area contributed by atoms with Gasteiger partial charge in [0.1, 0.15) is 5.01 Å². The number of hydrogen-bond donors (Lipinski definition) is 1. The summed E-state index contributed by atoms with van der Waals surface area (Å²) >= 11 is 1.54. The molecule has 0 aliphatic carbocycles. The summed E-state index contributed by atoms with van der Waals surface area (Å²) in [5.41, 5.74) is 4.70. The lowest BCUT2D eigenvalue weighted by Gasteiger charge is -2.13. The number of aryl methyl sites for hydroxylation is 2. The predicted molar refractivity (Wildman–Crippen MR) is 97.1 cm³/mol. The van der Waals surface area contributed by atoms with E-state index in [0.717, 1.165) is 27.4 Å². The van der Waals surface area contributed by atoms with E-state index in [1.165, 1.54) is 0 Å². The molecule has 24 heavy (non-hydrogen) atoms. The second-order valence-electron chi connectivity index (χ2n) is 5.83. The Morgan fingerprint density at radius 2 is 2.08 bits per heavy atom. The lowest BCUT2D eigenvalue weighted by Crippen LogP contribution is -2.27. The molecule has 0 aliphatic rings. The molecular formula is C19H19N3OS. The van der Waals surface area contributed by atoms with E-state index in [0.29, 0.717) is 5.56 Å². The molecule has 0 radical (unpaired) electrons. The number of hydrogen-bond acceptors (Lipinski definition) is 4. The maximum Gasteiger partial charge on any atom is 0.252 e. The van der Waals surface area contributed by atoms with Crippen molar-refractivity contribution in [3.05, 3.63) is 69.8 Å². The maximum atomic E-state index is 12.5. The van der Waals surface area contributed by atoms with Crippen LogP contribution in [0.15, 0.2) is 48.1 Å². The number of carbonyl (C=O) groups excluding carboxylic acids is 1. The van der Waals surface area contributed by atoms with Gasteiger partial charge >= 0.3 is 0 Å². The van der Waals surface area contributed by atoms with Gasteiger partial charge in [-0.3, -0.25) is 9.78 Å². The highest BCUT2D eigenvalue weighted by atomic mass is 32.1. The molecule has 0 saturated carbocycles. The van der Waals surface area contributed by atoms with Crippen LogP contribution >= 0.6 is 11.3 Å². The minimum Gasteiger partial charge on any atom is -0.343 e. The van der Waals surface area contributed by atoms with Crippen LogP contribution in [0.2, 0.25) is 0 Å². The van der Waals surface area contributed by atoms with Crippen molar-refractivity contribution in [3.8, 4) is 11.3 Å². The number of pyridine rings is 1. The van der Waals surface area contributed by atoms with Gasteiger partial charge in [0, 0.05) is 28.9 Å². The Kier molecular flexibility index (Phi) is 4.71. The summed E-state index contributed by atoms with van der Waals surface area (Å²) in [4.78, 5) is 21.2. The van der Waals surface area contributed by atoms with Gasteiger partial charge in [0.05, 0.1) is 11.7 Å². The van der Waals surface area contributed by atoms with Gasteiger partial charge in [-0.1, -0.05) is 17.7 Å². The number of rotatable bonds is 4. The van der Waals surface area contributed by atoms with Gasteiger partial charge < -0.3 is 5.32 Å². The quantitative estimate of drug-likeness (QED) is 0.771. The zero-order chi connectivity index (χ0) is 17.1. The van der Waals surface area contributed by atoms with Crippen molar-refractivity contribution in [2.75, 3.05) is 0 Å². The first-order valence-corrected chi connectivity index (χ1v) is 8.66. The molecule has 4 nitrogen and oxygen atoms in total. The average molecular weight is 337 g/mol. The standard InChI is InChI=1S/C19H19N3OS/c1-12-6-7-16(13(2)9-12)18(23)21-14(3)19-22-17(11-24-19)15-5-4-8-20-10-15/h4-11,14H,1-3H3,(H,21,23)/t14-/m0/s1. The van der Waals surface area contributed by atoms with E-state index in [4.69, 9.17) is 0 Å². The number of nitrogens with zero attached hydrogens (tertiary/aromatic N) is 2. The summed E-state index contributed by atoms with van der Waals surface area (Å²) in [6, 6.07) is 9.56. The van der Waals surface area contributed by atoms with E-state index < -0.39 is 0 Å². The Hall–Kier alpha value is -2.53. The van der Waals surface area contributed by atoms with Crippen LogP contribution in [0.25, 0.3) is 11.3 Å². The van der Waals surface area contributed by atoms with E-state index in [1.807, 2.05) is 56.5 Å². The zero-order valence-corrected chi connectivity index (χ0v) is 14.7. The summed E-state index contributed by atoms with van der Waals surface area (Å²) in [7, 11) is 0. The molecule has 0 unspecified atom stereocenters. The number of nitrogens with one attached hydrogen (secondary N) is 1. The van der Waals surface area contributed by atoms with Crippen molar-refractivity contribution >= 4 is 17.2 Å². The Morgan fingerprint density at radius 3 is 2.79 bits per heavy atom. The lowest BCUT2D eigenvalue weighted by molar-refractivity contribution is 0.0939. The third kappa shape index (κ3) is 3.51. The molecule has 3 rings (SSSR count). The molecule has 0 bridgehead atoms. The highest BCUT2D eigenvalue weighted by molar-refractivity contribution is 7.10. The molecule has 0 spiro atoms. The van der Waals surface area contributed by atoms with Crippen LogP contribution in [0.3, 0.4) is 0 Å².